The van der Waals surface area contributed by atoms with E-state index in [9.17, 15) is 13.2 Å². The number of hydrogen-bond acceptors (Lipinski definition) is 4. The average molecular weight is 291 g/mol. The Labute approximate surface area is 115 Å². The normalized spacial score (nSPS) is 21.1. The van der Waals surface area contributed by atoms with Crippen LogP contribution in [0.2, 0.25) is 0 Å². The number of nitrogens with one attached hydrogen (secondary N) is 3. The topological polar surface area (TPSA) is 87.3 Å². The van der Waals surface area contributed by atoms with Crippen LogP contribution in [0.4, 0.5) is 0 Å². The number of sulfonamides is 1. The summed E-state index contributed by atoms with van der Waals surface area (Å²) in [5.41, 5.74) is -0.475. The van der Waals surface area contributed by atoms with E-state index < -0.39 is 15.4 Å². The van der Waals surface area contributed by atoms with Crippen molar-refractivity contribution in [3.8, 4) is 0 Å². The fourth-order valence-electron chi connectivity index (χ4n) is 2.28. The van der Waals surface area contributed by atoms with Gasteiger partial charge in [-0.2, -0.15) is 0 Å². The Kier molecular flexibility index (Phi) is 5.76. The summed E-state index contributed by atoms with van der Waals surface area (Å²) in [7, 11) is -1.89. The van der Waals surface area contributed by atoms with Crippen molar-refractivity contribution < 1.29 is 13.2 Å². The zero-order valence-corrected chi connectivity index (χ0v) is 12.8. The molecule has 1 atom stereocenters. The van der Waals surface area contributed by atoms with Crippen molar-refractivity contribution in [3.63, 3.8) is 0 Å². The number of carbonyl (C=O) groups is 1. The predicted molar refractivity (Wildman–Crippen MR) is 75.2 cm³/mol. The maximum absolute atomic E-state index is 12.2. The van der Waals surface area contributed by atoms with E-state index in [1.807, 2.05) is 13.8 Å². The molecular weight excluding hydrogens is 266 g/mol. The summed E-state index contributed by atoms with van der Waals surface area (Å²) in [4.78, 5) is 12.2. The molecule has 0 saturated carbocycles. The van der Waals surface area contributed by atoms with Crippen molar-refractivity contribution in [2.75, 3.05) is 32.4 Å². The average Bonchev–Trinajstić information content (AvgIpc) is 2.39. The summed E-state index contributed by atoms with van der Waals surface area (Å²) in [6, 6.07) is 0. The standard InChI is InChI=1S/C12H25N3O3S/c1-12(2,10-5-4-6-14-9-10)11(16)15-7-8-19(17,18)13-3/h10,13-14H,4-9H2,1-3H3,(H,15,16). The minimum Gasteiger partial charge on any atom is -0.355 e. The number of carbonyl (C=O) groups excluding carboxylic acids is 1. The molecule has 0 aliphatic carbocycles. The van der Waals surface area contributed by atoms with E-state index in [1.165, 1.54) is 7.05 Å². The van der Waals surface area contributed by atoms with Crippen LogP contribution in [-0.4, -0.2) is 46.8 Å². The van der Waals surface area contributed by atoms with Crippen LogP contribution in [0.3, 0.4) is 0 Å². The summed E-state index contributed by atoms with van der Waals surface area (Å²) in [6.45, 7) is 5.84. The molecular formula is C12H25N3O3S. The van der Waals surface area contributed by atoms with Crippen LogP contribution in [0.25, 0.3) is 0 Å². The van der Waals surface area contributed by atoms with E-state index in [1.54, 1.807) is 0 Å². The summed E-state index contributed by atoms with van der Waals surface area (Å²) in [6.07, 6.45) is 2.11. The molecule has 1 heterocycles. The fourth-order valence-corrected chi connectivity index (χ4v) is 2.86. The highest BCUT2D eigenvalue weighted by Crippen LogP contribution is 2.31. The van der Waals surface area contributed by atoms with Gasteiger partial charge < -0.3 is 10.6 Å². The molecule has 1 aliphatic rings. The third-order valence-corrected chi connectivity index (χ3v) is 5.23. The predicted octanol–water partition coefficient (Wildman–Crippen LogP) is -0.322. The maximum Gasteiger partial charge on any atom is 0.226 e. The van der Waals surface area contributed by atoms with Crippen molar-refractivity contribution in [3.05, 3.63) is 0 Å². The van der Waals surface area contributed by atoms with Crippen LogP contribution >= 0.6 is 0 Å². The molecule has 1 fully saturated rings. The Morgan fingerprint density at radius 2 is 2.11 bits per heavy atom. The SMILES string of the molecule is CNS(=O)(=O)CCNC(=O)C(C)(C)C1CCCNC1. The van der Waals surface area contributed by atoms with Crippen LogP contribution in [-0.2, 0) is 14.8 Å². The Balaban J connectivity index is 2.47. The van der Waals surface area contributed by atoms with Crippen LogP contribution in [0.5, 0.6) is 0 Å². The maximum atomic E-state index is 12.2. The van der Waals surface area contributed by atoms with Crippen LogP contribution in [0.1, 0.15) is 26.7 Å². The molecule has 1 unspecified atom stereocenters. The molecule has 0 spiro atoms. The second kappa shape index (κ2) is 6.67. The van der Waals surface area contributed by atoms with Crippen molar-refractivity contribution in [2.24, 2.45) is 11.3 Å². The third-order valence-electron chi connectivity index (χ3n) is 3.87. The van der Waals surface area contributed by atoms with Gasteiger partial charge in [0.2, 0.25) is 15.9 Å². The van der Waals surface area contributed by atoms with Gasteiger partial charge >= 0.3 is 0 Å². The van der Waals surface area contributed by atoms with E-state index in [-0.39, 0.29) is 18.2 Å². The summed E-state index contributed by atoms with van der Waals surface area (Å²) >= 11 is 0. The molecule has 1 rings (SSSR count). The molecule has 1 saturated heterocycles. The van der Waals surface area contributed by atoms with Gasteiger partial charge in [0.15, 0.2) is 0 Å². The number of piperidine rings is 1. The minimum absolute atomic E-state index is 0.0764. The molecule has 0 aromatic heterocycles. The largest absolute Gasteiger partial charge is 0.355 e. The highest BCUT2D eigenvalue weighted by atomic mass is 32.2. The Hall–Kier alpha value is -0.660. The smallest absolute Gasteiger partial charge is 0.226 e. The van der Waals surface area contributed by atoms with Gasteiger partial charge in [0.1, 0.15) is 0 Å². The van der Waals surface area contributed by atoms with Gasteiger partial charge in [-0.15, -0.1) is 0 Å². The monoisotopic (exact) mass is 291 g/mol. The number of hydrogen-bond donors (Lipinski definition) is 3. The second-order valence-corrected chi connectivity index (χ2v) is 7.59. The van der Waals surface area contributed by atoms with Crippen molar-refractivity contribution in [1.82, 2.24) is 15.4 Å². The van der Waals surface area contributed by atoms with E-state index >= 15 is 0 Å². The molecule has 19 heavy (non-hydrogen) atoms. The lowest BCUT2D eigenvalue weighted by molar-refractivity contribution is -0.132. The molecule has 0 aromatic carbocycles. The van der Waals surface area contributed by atoms with Crippen molar-refractivity contribution in [1.29, 1.82) is 0 Å². The molecule has 6 nitrogen and oxygen atoms in total. The first kappa shape index (κ1) is 16.4. The van der Waals surface area contributed by atoms with Gasteiger partial charge in [0.05, 0.1) is 5.75 Å². The van der Waals surface area contributed by atoms with E-state index in [0.717, 1.165) is 25.9 Å². The molecule has 1 aliphatic heterocycles. The zero-order valence-electron chi connectivity index (χ0n) is 12.0. The molecule has 3 N–H and O–H groups in total. The molecule has 0 aromatic rings. The van der Waals surface area contributed by atoms with Gasteiger partial charge in [0, 0.05) is 12.0 Å². The molecule has 0 radical (unpaired) electrons. The summed E-state index contributed by atoms with van der Waals surface area (Å²) in [5, 5.41) is 6.02. The van der Waals surface area contributed by atoms with Gasteiger partial charge in [-0.3, -0.25) is 4.79 Å². The van der Waals surface area contributed by atoms with E-state index in [4.69, 9.17) is 0 Å². The highest BCUT2D eigenvalue weighted by molar-refractivity contribution is 7.89. The lowest BCUT2D eigenvalue weighted by Crippen LogP contribution is -2.48. The molecule has 1 amide bonds. The Morgan fingerprint density at radius 3 is 2.63 bits per heavy atom. The molecule has 0 bridgehead atoms. The van der Waals surface area contributed by atoms with Crippen LogP contribution in [0, 0.1) is 11.3 Å². The Bertz CT molecular complexity index is 400. The van der Waals surface area contributed by atoms with Gasteiger partial charge in [0.25, 0.3) is 0 Å². The van der Waals surface area contributed by atoms with E-state index in [0.29, 0.717) is 5.92 Å². The minimum atomic E-state index is -3.26. The fraction of sp³-hybridized carbons (Fsp3) is 0.917. The lowest BCUT2D eigenvalue weighted by atomic mass is 9.74. The first-order chi connectivity index (χ1) is 8.79. The Morgan fingerprint density at radius 1 is 1.42 bits per heavy atom. The van der Waals surface area contributed by atoms with Crippen molar-refractivity contribution in [2.45, 2.75) is 26.7 Å². The lowest BCUT2D eigenvalue weighted by Gasteiger charge is -2.36. The van der Waals surface area contributed by atoms with Gasteiger partial charge in [-0.05, 0) is 38.9 Å². The van der Waals surface area contributed by atoms with Crippen LogP contribution in [0.15, 0.2) is 0 Å². The zero-order chi connectivity index (χ0) is 14.5. The van der Waals surface area contributed by atoms with E-state index in [2.05, 4.69) is 15.4 Å². The molecule has 112 valence electrons. The summed E-state index contributed by atoms with van der Waals surface area (Å²) in [5.74, 6) is 0.128. The third kappa shape index (κ3) is 4.74. The van der Waals surface area contributed by atoms with Crippen molar-refractivity contribution >= 4 is 15.9 Å². The van der Waals surface area contributed by atoms with Gasteiger partial charge in [-0.1, -0.05) is 13.8 Å². The first-order valence-electron chi connectivity index (χ1n) is 6.70. The van der Waals surface area contributed by atoms with Gasteiger partial charge in [-0.25, -0.2) is 13.1 Å². The number of rotatable bonds is 6. The first-order valence-corrected chi connectivity index (χ1v) is 8.35. The quantitative estimate of drug-likeness (QED) is 0.626. The number of amides is 1. The van der Waals surface area contributed by atoms with Crippen LogP contribution < -0.4 is 15.4 Å². The second-order valence-electron chi connectivity index (χ2n) is 5.54. The molecule has 7 heteroatoms. The summed E-state index contributed by atoms with van der Waals surface area (Å²) < 4.78 is 24.7. The highest BCUT2D eigenvalue weighted by Gasteiger charge is 2.37.